The average Bonchev–Trinajstić information content (AvgIpc) is 3.07. The average molecular weight is 411 g/mol. The summed E-state index contributed by atoms with van der Waals surface area (Å²) in [6, 6.07) is 16.3. The molecule has 0 unspecified atom stereocenters. The largest absolute Gasteiger partial charge is 0.338 e. The minimum Gasteiger partial charge on any atom is -0.338 e. The lowest BCUT2D eigenvalue weighted by Gasteiger charge is -2.16. The third-order valence-corrected chi connectivity index (χ3v) is 5.32. The van der Waals surface area contributed by atoms with Crippen LogP contribution in [0, 0.1) is 6.92 Å². The topological polar surface area (TPSA) is 115 Å². The van der Waals surface area contributed by atoms with Crippen molar-refractivity contribution >= 4 is 23.7 Å². The first-order valence-corrected chi connectivity index (χ1v) is 9.95. The fourth-order valence-corrected chi connectivity index (χ4v) is 3.60. The number of aryl methyl sites for hydroxylation is 1. The number of nitrogens with zero attached hydrogens (tertiary/aromatic N) is 3. The summed E-state index contributed by atoms with van der Waals surface area (Å²) in [5.74, 6) is 6.23. The van der Waals surface area contributed by atoms with Gasteiger partial charge in [0, 0.05) is 12.1 Å². The first-order valence-electron chi connectivity index (χ1n) is 9.07. The van der Waals surface area contributed by atoms with Crippen LogP contribution in [-0.4, -0.2) is 33.4 Å². The van der Waals surface area contributed by atoms with Gasteiger partial charge in [0.25, 0.3) is 0 Å². The SMILES string of the molecule is CCNC(=O)NC(=O)[C@H](Sc1nnc(-c2ccc(C)cc2)n1N)c1ccccc1. The van der Waals surface area contributed by atoms with Gasteiger partial charge in [-0.05, 0) is 19.4 Å². The maximum Gasteiger partial charge on any atom is 0.321 e. The number of imide groups is 1. The second-order valence-corrected chi connectivity index (χ2v) is 7.37. The maximum absolute atomic E-state index is 12.8. The standard InChI is InChI=1S/C20H22N6O2S/c1-3-22-19(28)23-18(27)16(14-7-5-4-6-8-14)29-20-25-24-17(26(20)21)15-11-9-13(2)10-12-15/h4-12,16H,3,21H2,1-2H3,(H2,22,23,27,28)/t16-/m1/s1. The Morgan fingerprint density at radius 3 is 2.45 bits per heavy atom. The molecule has 2 aromatic carbocycles. The van der Waals surface area contributed by atoms with Gasteiger partial charge >= 0.3 is 6.03 Å². The number of benzene rings is 2. The lowest BCUT2D eigenvalue weighted by Crippen LogP contribution is -2.41. The molecular weight excluding hydrogens is 388 g/mol. The summed E-state index contributed by atoms with van der Waals surface area (Å²) < 4.78 is 1.35. The molecule has 150 valence electrons. The van der Waals surface area contributed by atoms with Crippen LogP contribution in [0.2, 0.25) is 0 Å². The van der Waals surface area contributed by atoms with Crippen molar-refractivity contribution in [2.45, 2.75) is 24.3 Å². The Labute approximate surface area is 172 Å². The van der Waals surface area contributed by atoms with Crippen molar-refractivity contribution in [3.8, 4) is 11.4 Å². The van der Waals surface area contributed by atoms with E-state index < -0.39 is 17.2 Å². The number of urea groups is 1. The molecule has 0 aliphatic rings. The van der Waals surface area contributed by atoms with Gasteiger partial charge in [0.1, 0.15) is 5.25 Å². The summed E-state index contributed by atoms with van der Waals surface area (Å²) >= 11 is 1.13. The normalized spacial score (nSPS) is 11.7. The number of thioether (sulfide) groups is 1. The van der Waals surface area contributed by atoms with Crippen LogP contribution in [0.1, 0.15) is 23.3 Å². The Hall–Kier alpha value is -3.33. The molecule has 0 fully saturated rings. The van der Waals surface area contributed by atoms with E-state index in [2.05, 4.69) is 20.8 Å². The van der Waals surface area contributed by atoms with E-state index in [0.717, 1.165) is 28.5 Å². The highest BCUT2D eigenvalue weighted by Gasteiger charge is 2.26. The van der Waals surface area contributed by atoms with Crippen LogP contribution >= 0.6 is 11.8 Å². The Morgan fingerprint density at radius 2 is 1.79 bits per heavy atom. The Kier molecular flexibility index (Phi) is 6.50. The van der Waals surface area contributed by atoms with Crippen molar-refractivity contribution in [3.05, 3.63) is 65.7 Å². The molecule has 1 heterocycles. The molecule has 3 rings (SSSR count). The van der Waals surface area contributed by atoms with Gasteiger partial charge in [0.2, 0.25) is 11.1 Å². The summed E-state index contributed by atoms with van der Waals surface area (Å²) in [5, 5.41) is 12.9. The van der Waals surface area contributed by atoms with Crippen LogP contribution < -0.4 is 16.5 Å². The molecule has 1 aromatic heterocycles. The Bertz CT molecular complexity index is 988. The summed E-state index contributed by atoms with van der Waals surface area (Å²) in [7, 11) is 0. The van der Waals surface area contributed by atoms with Crippen LogP contribution in [0.3, 0.4) is 0 Å². The first kappa shape index (κ1) is 20.4. The van der Waals surface area contributed by atoms with E-state index in [9.17, 15) is 9.59 Å². The third kappa shape index (κ3) is 4.94. The minimum atomic E-state index is -0.726. The van der Waals surface area contributed by atoms with Crippen LogP contribution in [0.15, 0.2) is 59.8 Å². The number of carbonyl (C=O) groups excluding carboxylic acids is 2. The fourth-order valence-electron chi connectivity index (χ4n) is 2.65. The molecule has 29 heavy (non-hydrogen) atoms. The molecule has 0 saturated carbocycles. The molecule has 1 atom stereocenters. The van der Waals surface area contributed by atoms with Crippen molar-refractivity contribution in [2.75, 3.05) is 12.4 Å². The Balaban J connectivity index is 1.87. The minimum absolute atomic E-state index is 0.362. The van der Waals surface area contributed by atoms with Gasteiger partial charge in [0.15, 0.2) is 5.82 Å². The molecule has 9 heteroatoms. The van der Waals surface area contributed by atoms with Gasteiger partial charge in [-0.2, -0.15) is 0 Å². The number of nitrogen functional groups attached to an aromatic ring is 1. The van der Waals surface area contributed by atoms with Gasteiger partial charge in [-0.15, -0.1) is 10.2 Å². The quantitative estimate of drug-likeness (QED) is 0.425. The van der Waals surface area contributed by atoms with Crippen molar-refractivity contribution in [1.29, 1.82) is 0 Å². The van der Waals surface area contributed by atoms with Crippen LogP contribution in [-0.2, 0) is 4.79 Å². The second-order valence-electron chi connectivity index (χ2n) is 6.30. The van der Waals surface area contributed by atoms with Gasteiger partial charge < -0.3 is 11.2 Å². The fraction of sp³-hybridized carbons (Fsp3) is 0.200. The second kappa shape index (κ2) is 9.24. The van der Waals surface area contributed by atoms with Gasteiger partial charge in [-0.1, -0.05) is 71.9 Å². The number of rotatable bonds is 6. The van der Waals surface area contributed by atoms with Crippen molar-refractivity contribution in [3.63, 3.8) is 0 Å². The molecule has 4 N–H and O–H groups in total. The summed E-state index contributed by atoms with van der Waals surface area (Å²) in [5.41, 5.74) is 2.66. The molecule has 0 aliphatic carbocycles. The zero-order valence-corrected chi connectivity index (χ0v) is 16.9. The van der Waals surface area contributed by atoms with Gasteiger partial charge in [-0.3, -0.25) is 10.1 Å². The molecule has 0 aliphatic heterocycles. The lowest BCUT2D eigenvalue weighted by atomic mass is 10.1. The summed E-state index contributed by atoms with van der Waals surface area (Å²) in [6.07, 6.45) is 0. The highest BCUT2D eigenvalue weighted by atomic mass is 32.2. The number of hydrogen-bond acceptors (Lipinski definition) is 6. The zero-order valence-electron chi connectivity index (χ0n) is 16.1. The van der Waals surface area contributed by atoms with E-state index in [1.165, 1.54) is 4.68 Å². The molecule has 3 aromatic rings. The van der Waals surface area contributed by atoms with Crippen molar-refractivity contribution in [2.24, 2.45) is 0 Å². The molecule has 0 saturated heterocycles. The van der Waals surface area contributed by atoms with E-state index in [4.69, 9.17) is 5.84 Å². The molecule has 0 spiro atoms. The predicted molar refractivity (Wildman–Crippen MR) is 113 cm³/mol. The molecule has 8 nitrogen and oxygen atoms in total. The summed E-state index contributed by atoms with van der Waals surface area (Å²) in [6.45, 7) is 4.19. The number of nitrogens with two attached hydrogens (primary N) is 1. The summed E-state index contributed by atoms with van der Waals surface area (Å²) in [4.78, 5) is 24.6. The molecular formula is C20H22N6O2S. The smallest absolute Gasteiger partial charge is 0.321 e. The number of hydrogen-bond donors (Lipinski definition) is 3. The number of carbonyl (C=O) groups is 2. The van der Waals surface area contributed by atoms with E-state index in [1.807, 2.05) is 61.5 Å². The van der Waals surface area contributed by atoms with E-state index in [-0.39, 0.29) is 0 Å². The Morgan fingerprint density at radius 1 is 1.10 bits per heavy atom. The third-order valence-electron chi connectivity index (χ3n) is 4.11. The zero-order chi connectivity index (χ0) is 20.8. The van der Waals surface area contributed by atoms with Crippen molar-refractivity contribution < 1.29 is 9.59 Å². The first-order chi connectivity index (χ1) is 14.0. The number of aromatic nitrogens is 3. The van der Waals surface area contributed by atoms with Crippen LogP contribution in [0.5, 0.6) is 0 Å². The van der Waals surface area contributed by atoms with Crippen molar-refractivity contribution in [1.82, 2.24) is 25.5 Å². The van der Waals surface area contributed by atoms with Crippen LogP contribution in [0.4, 0.5) is 4.79 Å². The van der Waals surface area contributed by atoms with E-state index in [0.29, 0.717) is 17.5 Å². The number of amides is 3. The van der Waals surface area contributed by atoms with Gasteiger partial charge in [-0.25, -0.2) is 9.47 Å². The molecule has 0 bridgehead atoms. The molecule has 0 radical (unpaired) electrons. The highest BCUT2D eigenvalue weighted by Crippen LogP contribution is 2.35. The van der Waals surface area contributed by atoms with Gasteiger partial charge in [0.05, 0.1) is 0 Å². The van der Waals surface area contributed by atoms with Crippen LogP contribution in [0.25, 0.3) is 11.4 Å². The van der Waals surface area contributed by atoms with E-state index in [1.54, 1.807) is 6.92 Å². The van der Waals surface area contributed by atoms with E-state index >= 15 is 0 Å². The lowest BCUT2D eigenvalue weighted by molar-refractivity contribution is -0.119. The maximum atomic E-state index is 12.8. The predicted octanol–water partition coefficient (Wildman–Crippen LogP) is 2.65. The highest BCUT2D eigenvalue weighted by molar-refractivity contribution is 8.00. The number of nitrogens with one attached hydrogen (secondary N) is 2. The molecule has 3 amide bonds. The monoisotopic (exact) mass is 410 g/mol.